The summed E-state index contributed by atoms with van der Waals surface area (Å²) in [4.78, 5) is 11.8. The molecule has 0 spiro atoms. The van der Waals surface area contributed by atoms with Gasteiger partial charge < -0.3 is 20.7 Å². The van der Waals surface area contributed by atoms with Gasteiger partial charge in [0, 0.05) is 0 Å². The van der Waals surface area contributed by atoms with Crippen molar-refractivity contribution in [1.29, 1.82) is 0 Å². The van der Waals surface area contributed by atoms with Crippen molar-refractivity contribution in [2.75, 3.05) is 12.3 Å². The molecule has 1 aliphatic rings. The number of imidazole rings is 1. The zero-order valence-electron chi connectivity index (χ0n) is 12.8. The highest BCUT2D eigenvalue weighted by Gasteiger charge is 2.53. The van der Waals surface area contributed by atoms with Gasteiger partial charge in [-0.05, 0) is 18.5 Å². The molecular formula is C11H15ClN6O6S. The Morgan fingerprint density at radius 1 is 1.52 bits per heavy atom. The fourth-order valence-electron chi connectivity index (χ4n) is 2.62. The van der Waals surface area contributed by atoms with Crippen LogP contribution in [0.5, 0.6) is 0 Å². The van der Waals surface area contributed by atoms with Crippen LogP contribution in [0.25, 0.3) is 11.2 Å². The van der Waals surface area contributed by atoms with E-state index in [2.05, 4.69) is 19.1 Å². The molecule has 0 saturated carbocycles. The molecule has 2 aromatic heterocycles. The van der Waals surface area contributed by atoms with Gasteiger partial charge in [0.25, 0.3) is 0 Å². The summed E-state index contributed by atoms with van der Waals surface area (Å²) >= 11 is 5.79. The zero-order chi connectivity index (χ0) is 18.6. The molecule has 2 aromatic rings. The minimum absolute atomic E-state index is 0.0287. The number of aromatic nitrogens is 4. The number of anilines is 1. The van der Waals surface area contributed by atoms with Gasteiger partial charge >= 0.3 is 10.3 Å². The standard InChI is InChI=1S/C11H15ClN6O6S/c1-11(20)6(19)4(2-23-25(14,21)22)24-9(11)18-3-15-5-7(13)16-10(12)17-8(5)18/h3-4,6,9,19-20H,2H2,1H3,(H2,13,16,17)(H2,14,21,22)/t4-,6-,9-,11-/m1/s1. The van der Waals surface area contributed by atoms with Crippen LogP contribution < -0.4 is 10.9 Å². The smallest absolute Gasteiger partial charge is 0.333 e. The lowest BCUT2D eigenvalue weighted by molar-refractivity contribution is -0.0947. The summed E-state index contributed by atoms with van der Waals surface area (Å²) in [5, 5.41) is 25.5. The highest BCUT2D eigenvalue weighted by molar-refractivity contribution is 7.84. The largest absolute Gasteiger partial charge is 0.387 e. The molecule has 0 aliphatic carbocycles. The Bertz CT molecular complexity index is 917. The fraction of sp³-hybridized carbons (Fsp3) is 0.545. The SMILES string of the molecule is C[C@@]1(O)[C@H](O)[C@@H](COS(N)(=O)=O)O[C@H]1n1cnc2c(N)nc(Cl)nc21. The van der Waals surface area contributed by atoms with Gasteiger partial charge in [-0.25, -0.2) is 10.1 Å². The molecule has 3 rings (SSSR count). The van der Waals surface area contributed by atoms with Gasteiger partial charge in [-0.3, -0.25) is 8.75 Å². The molecule has 1 fully saturated rings. The fourth-order valence-corrected chi connectivity index (χ4v) is 3.12. The van der Waals surface area contributed by atoms with Crippen molar-refractivity contribution in [3.05, 3.63) is 11.6 Å². The zero-order valence-corrected chi connectivity index (χ0v) is 14.3. The van der Waals surface area contributed by atoms with Gasteiger partial charge in [0.05, 0.1) is 12.9 Å². The van der Waals surface area contributed by atoms with Crippen molar-refractivity contribution in [2.45, 2.75) is 31.0 Å². The molecule has 12 nitrogen and oxygen atoms in total. The highest BCUT2D eigenvalue weighted by atomic mass is 35.5. The second kappa shape index (κ2) is 5.98. The van der Waals surface area contributed by atoms with Crippen LogP contribution in [0.1, 0.15) is 13.2 Å². The Balaban J connectivity index is 1.97. The molecule has 4 atom stereocenters. The van der Waals surface area contributed by atoms with Crippen LogP contribution in [-0.2, 0) is 19.2 Å². The highest BCUT2D eigenvalue weighted by Crippen LogP contribution is 2.40. The first-order valence-electron chi connectivity index (χ1n) is 6.89. The third-order valence-corrected chi connectivity index (χ3v) is 4.46. The lowest BCUT2D eigenvalue weighted by atomic mass is 9.96. The quantitative estimate of drug-likeness (QED) is 0.434. The summed E-state index contributed by atoms with van der Waals surface area (Å²) < 4.78 is 33.1. The number of aliphatic hydroxyl groups excluding tert-OH is 1. The van der Waals surface area contributed by atoms with Crippen molar-refractivity contribution in [3.8, 4) is 0 Å². The summed E-state index contributed by atoms with van der Waals surface area (Å²) in [6, 6.07) is 0. The predicted molar refractivity (Wildman–Crippen MR) is 84.3 cm³/mol. The molecule has 0 aromatic carbocycles. The summed E-state index contributed by atoms with van der Waals surface area (Å²) in [5.41, 5.74) is 4.29. The van der Waals surface area contributed by atoms with Crippen molar-refractivity contribution in [1.82, 2.24) is 19.5 Å². The van der Waals surface area contributed by atoms with Crippen LogP contribution in [0.15, 0.2) is 6.33 Å². The Hall–Kier alpha value is -1.61. The van der Waals surface area contributed by atoms with Crippen LogP contribution in [-0.4, -0.2) is 62.6 Å². The van der Waals surface area contributed by atoms with Crippen molar-refractivity contribution >= 4 is 38.9 Å². The molecule has 3 heterocycles. The normalized spacial score (nSPS) is 30.2. The lowest BCUT2D eigenvalue weighted by Gasteiger charge is -2.27. The Morgan fingerprint density at radius 3 is 2.84 bits per heavy atom. The van der Waals surface area contributed by atoms with Crippen LogP contribution >= 0.6 is 11.6 Å². The van der Waals surface area contributed by atoms with Gasteiger partial charge in [-0.15, -0.1) is 0 Å². The minimum atomic E-state index is -4.24. The van der Waals surface area contributed by atoms with Crippen LogP contribution in [0.2, 0.25) is 5.28 Å². The second-order valence-electron chi connectivity index (χ2n) is 5.68. The Labute approximate surface area is 146 Å². The summed E-state index contributed by atoms with van der Waals surface area (Å²) in [7, 11) is -4.24. The molecule has 0 bridgehead atoms. The molecule has 138 valence electrons. The van der Waals surface area contributed by atoms with Crippen LogP contribution in [0, 0.1) is 0 Å². The first-order valence-corrected chi connectivity index (χ1v) is 8.74. The lowest BCUT2D eigenvalue weighted by Crippen LogP contribution is -2.44. The predicted octanol–water partition coefficient (Wildman–Crippen LogP) is -1.71. The van der Waals surface area contributed by atoms with E-state index in [1.807, 2.05) is 0 Å². The number of halogens is 1. The monoisotopic (exact) mass is 394 g/mol. The molecular weight excluding hydrogens is 380 g/mol. The number of nitrogen functional groups attached to an aromatic ring is 1. The van der Waals surface area contributed by atoms with Crippen LogP contribution in [0.3, 0.4) is 0 Å². The van der Waals surface area contributed by atoms with Crippen LogP contribution in [0.4, 0.5) is 5.82 Å². The van der Waals surface area contributed by atoms with E-state index in [1.54, 1.807) is 0 Å². The van der Waals surface area contributed by atoms with E-state index in [0.717, 1.165) is 0 Å². The third kappa shape index (κ3) is 3.27. The van der Waals surface area contributed by atoms with E-state index in [4.69, 9.17) is 27.2 Å². The number of hydrogen-bond donors (Lipinski definition) is 4. The maximum absolute atomic E-state index is 10.9. The van der Waals surface area contributed by atoms with Crippen molar-refractivity contribution < 1.29 is 27.6 Å². The topological polar surface area (TPSA) is 189 Å². The van der Waals surface area contributed by atoms with Crippen molar-refractivity contribution in [3.63, 3.8) is 0 Å². The van der Waals surface area contributed by atoms with Gasteiger partial charge in [0.2, 0.25) is 5.28 Å². The first kappa shape index (κ1) is 18.2. The van der Waals surface area contributed by atoms with Gasteiger partial charge in [0.1, 0.15) is 23.3 Å². The van der Waals surface area contributed by atoms with E-state index in [0.29, 0.717) is 0 Å². The van der Waals surface area contributed by atoms with Gasteiger partial charge in [0.15, 0.2) is 17.7 Å². The van der Waals surface area contributed by atoms with Crippen molar-refractivity contribution in [2.24, 2.45) is 5.14 Å². The molecule has 0 amide bonds. The second-order valence-corrected chi connectivity index (χ2v) is 7.24. The number of nitrogens with two attached hydrogens (primary N) is 2. The number of aliphatic hydroxyl groups is 2. The molecule has 25 heavy (non-hydrogen) atoms. The average Bonchev–Trinajstić information content (AvgIpc) is 2.97. The number of fused-ring (bicyclic) bond motifs is 1. The van der Waals surface area contributed by atoms with E-state index >= 15 is 0 Å². The Morgan fingerprint density at radius 2 is 2.20 bits per heavy atom. The van der Waals surface area contributed by atoms with Gasteiger partial charge in [-0.2, -0.15) is 18.4 Å². The Kier molecular flexibility index (Phi) is 4.35. The summed E-state index contributed by atoms with van der Waals surface area (Å²) in [6.07, 6.45) is -2.55. The number of rotatable bonds is 4. The number of hydrogen-bond acceptors (Lipinski definition) is 10. The van der Waals surface area contributed by atoms with Gasteiger partial charge in [-0.1, -0.05) is 0 Å². The van der Waals surface area contributed by atoms with E-state index in [-0.39, 0.29) is 22.3 Å². The molecule has 0 radical (unpaired) electrons. The third-order valence-electron chi connectivity index (χ3n) is 3.82. The molecule has 14 heteroatoms. The first-order chi connectivity index (χ1) is 11.5. The average molecular weight is 395 g/mol. The maximum Gasteiger partial charge on any atom is 0.333 e. The molecule has 1 aliphatic heterocycles. The summed E-state index contributed by atoms with van der Waals surface area (Å²) in [5.74, 6) is 0.0287. The molecule has 1 saturated heterocycles. The van der Waals surface area contributed by atoms with E-state index in [9.17, 15) is 18.6 Å². The number of nitrogens with zero attached hydrogens (tertiary/aromatic N) is 4. The van der Waals surface area contributed by atoms with E-state index < -0.39 is 40.9 Å². The minimum Gasteiger partial charge on any atom is -0.387 e. The number of ether oxygens (including phenoxy) is 1. The summed E-state index contributed by atoms with van der Waals surface area (Å²) in [6.45, 7) is 0.717. The van der Waals surface area contributed by atoms with E-state index in [1.165, 1.54) is 17.8 Å². The molecule has 6 N–H and O–H groups in total. The molecule has 0 unspecified atom stereocenters. The maximum atomic E-state index is 10.9.